The van der Waals surface area contributed by atoms with Crippen molar-refractivity contribution in [3.63, 3.8) is 0 Å². The molecule has 0 aliphatic rings. The summed E-state index contributed by atoms with van der Waals surface area (Å²) in [6, 6.07) is 5.30. The minimum atomic E-state index is -0.961. The van der Waals surface area contributed by atoms with E-state index in [2.05, 4.69) is 16.2 Å². The summed E-state index contributed by atoms with van der Waals surface area (Å²) >= 11 is 0. The van der Waals surface area contributed by atoms with Crippen molar-refractivity contribution in [1.82, 2.24) is 20.7 Å². The van der Waals surface area contributed by atoms with Crippen LogP contribution in [0, 0.1) is 13.8 Å². The van der Waals surface area contributed by atoms with Crippen LogP contribution in [0.5, 0.6) is 0 Å². The summed E-state index contributed by atoms with van der Waals surface area (Å²) < 4.78 is 7.07. The lowest BCUT2D eigenvalue weighted by Crippen LogP contribution is -2.48. The third-order valence-electron chi connectivity index (χ3n) is 3.74. The Kier molecular flexibility index (Phi) is 5.63. The number of nitrogens with zero attached hydrogens (tertiary/aromatic N) is 1. The molecule has 0 unspecified atom stereocenters. The molecular formula is C17H22N4O4. The van der Waals surface area contributed by atoms with Gasteiger partial charge >= 0.3 is 11.8 Å². The molecule has 0 radical (unpaired) electrons. The van der Waals surface area contributed by atoms with Crippen molar-refractivity contribution in [2.24, 2.45) is 0 Å². The highest BCUT2D eigenvalue weighted by atomic mass is 16.3. The van der Waals surface area contributed by atoms with E-state index in [-0.39, 0.29) is 12.6 Å². The second-order valence-corrected chi connectivity index (χ2v) is 5.92. The van der Waals surface area contributed by atoms with Gasteiger partial charge in [-0.2, -0.15) is 0 Å². The molecule has 0 spiro atoms. The van der Waals surface area contributed by atoms with E-state index in [0.717, 1.165) is 11.4 Å². The second-order valence-electron chi connectivity index (χ2n) is 5.92. The molecule has 0 aliphatic heterocycles. The smallest absolute Gasteiger partial charge is 0.327 e. The number of hydrogen-bond acceptors (Lipinski definition) is 4. The first-order chi connectivity index (χ1) is 11.8. The molecule has 0 aliphatic carbocycles. The summed E-state index contributed by atoms with van der Waals surface area (Å²) in [6.07, 6.45) is 1.47. The molecule has 3 amide bonds. The molecule has 8 nitrogen and oxygen atoms in total. The lowest BCUT2D eigenvalue weighted by Gasteiger charge is -2.13. The Bertz CT molecular complexity index is 775. The molecule has 0 atom stereocenters. The Labute approximate surface area is 145 Å². The van der Waals surface area contributed by atoms with Crippen molar-refractivity contribution < 1.29 is 18.8 Å². The van der Waals surface area contributed by atoms with Crippen LogP contribution in [-0.2, 0) is 16.1 Å². The zero-order valence-corrected chi connectivity index (χ0v) is 14.7. The minimum absolute atomic E-state index is 0.0861. The topological polar surface area (TPSA) is 105 Å². The maximum absolute atomic E-state index is 12.2. The molecule has 25 heavy (non-hydrogen) atoms. The van der Waals surface area contributed by atoms with Crippen LogP contribution in [0.1, 0.15) is 47.4 Å². The maximum atomic E-state index is 12.2. The Balaban J connectivity index is 1.90. The van der Waals surface area contributed by atoms with E-state index < -0.39 is 17.7 Å². The van der Waals surface area contributed by atoms with E-state index in [9.17, 15) is 14.4 Å². The minimum Gasteiger partial charge on any atom is -0.467 e. The molecule has 2 aromatic heterocycles. The Morgan fingerprint density at radius 1 is 1.16 bits per heavy atom. The first-order valence-corrected chi connectivity index (χ1v) is 7.90. The number of hydrogen-bond donors (Lipinski definition) is 3. The number of aryl methyl sites for hydroxylation is 1. The van der Waals surface area contributed by atoms with Crippen molar-refractivity contribution >= 4 is 17.7 Å². The first-order valence-electron chi connectivity index (χ1n) is 7.90. The molecule has 2 aromatic rings. The maximum Gasteiger partial charge on any atom is 0.327 e. The fourth-order valence-corrected chi connectivity index (χ4v) is 2.70. The Morgan fingerprint density at radius 3 is 2.44 bits per heavy atom. The fourth-order valence-electron chi connectivity index (χ4n) is 2.70. The quantitative estimate of drug-likeness (QED) is 0.574. The Hall–Kier alpha value is -3.03. The van der Waals surface area contributed by atoms with Gasteiger partial charge in [-0.25, -0.2) is 0 Å². The Morgan fingerprint density at radius 2 is 1.88 bits per heavy atom. The van der Waals surface area contributed by atoms with E-state index in [1.807, 2.05) is 32.3 Å². The van der Waals surface area contributed by atoms with Crippen LogP contribution in [0.4, 0.5) is 0 Å². The molecule has 2 rings (SSSR count). The molecule has 8 heteroatoms. The van der Waals surface area contributed by atoms with Gasteiger partial charge < -0.3 is 14.3 Å². The SMILES string of the molecule is Cc1cc(C(=O)NNC(=O)C(=O)NCc2ccco2)c(C)n1C(C)C. The summed E-state index contributed by atoms with van der Waals surface area (Å²) in [4.78, 5) is 35.7. The molecule has 0 saturated heterocycles. The summed E-state index contributed by atoms with van der Waals surface area (Å²) in [7, 11) is 0. The standard InChI is InChI=1S/C17H22N4O4/c1-10(2)21-11(3)8-14(12(21)4)15(22)19-20-17(24)16(23)18-9-13-6-5-7-25-13/h5-8,10H,9H2,1-4H3,(H,18,23)(H,19,22)(H,20,24). The lowest BCUT2D eigenvalue weighted by atomic mass is 10.2. The van der Waals surface area contributed by atoms with Crippen molar-refractivity contribution in [3.05, 3.63) is 47.2 Å². The summed E-state index contributed by atoms with van der Waals surface area (Å²) in [6.45, 7) is 7.87. The van der Waals surface area contributed by atoms with Gasteiger partial charge in [0.15, 0.2) is 0 Å². The van der Waals surface area contributed by atoms with Gasteiger partial charge in [-0.3, -0.25) is 25.2 Å². The number of carbonyl (C=O) groups is 3. The van der Waals surface area contributed by atoms with Crippen LogP contribution in [-0.4, -0.2) is 22.3 Å². The average molecular weight is 346 g/mol. The van der Waals surface area contributed by atoms with Gasteiger partial charge in [0.05, 0.1) is 18.4 Å². The lowest BCUT2D eigenvalue weighted by molar-refractivity contribution is -0.139. The van der Waals surface area contributed by atoms with Gasteiger partial charge in [0.25, 0.3) is 5.91 Å². The van der Waals surface area contributed by atoms with Gasteiger partial charge in [0, 0.05) is 17.4 Å². The molecular weight excluding hydrogens is 324 g/mol. The largest absolute Gasteiger partial charge is 0.467 e. The van der Waals surface area contributed by atoms with Crippen molar-refractivity contribution in [2.45, 2.75) is 40.3 Å². The van der Waals surface area contributed by atoms with E-state index in [1.165, 1.54) is 6.26 Å². The van der Waals surface area contributed by atoms with Crippen molar-refractivity contribution in [3.8, 4) is 0 Å². The number of hydrazine groups is 1. The molecule has 134 valence electrons. The molecule has 0 saturated carbocycles. The normalized spacial score (nSPS) is 10.6. The van der Waals surface area contributed by atoms with Crippen molar-refractivity contribution in [1.29, 1.82) is 0 Å². The average Bonchev–Trinajstić information content (AvgIpc) is 3.17. The van der Waals surface area contributed by atoms with Crippen LogP contribution in [0.2, 0.25) is 0 Å². The van der Waals surface area contributed by atoms with Crippen LogP contribution in [0.25, 0.3) is 0 Å². The zero-order chi connectivity index (χ0) is 18.6. The van der Waals surface area contributed by atoms with Gasteiger partial charge in [-0.05, 0) is 45.9 Å². The first kappa shape index (κ1) is 18.3. The fraction of sp³-hybridized carbons (Fsp3) is 0.353. The second kappa shape index (κ2) is 7.69. The molecule has 0 fully saturated rings. The summed E-state index contributed by atoms with van der Waals surface area (Å²) in [5.74, 6) is -1.79. The molecule has 2 heterocycles. The van der Waals surface area contributed by atoms with Crippen LogP contribution < -0.4 is 16.2 Å². The van der Waals surface area contributed by atoms with Gasteiger partial charge in [-0.1, -0.05) is 0 Å². The summed E-state index contributed by atoms with van der Waals surface area (Å²) in [5, 5.41) is 2.39. The molecule has 3 N–H and O–H groups in total. The van der Waals surface area contributed by atoms with Gasteiger partial charge in [0.2, 0.25) is 0 Å². The number of rotatable bonds is 4. The molecule has 0 bridgehead atoms. The monoisotopic (exact) mass is 346 g/mol. The van der Waals surface area contributed by atoms with Gasteiger partial charge in [-0.15, -0.1) is 0 Å². The summed E-state index contributed by atoms with van der Waals surface area (Å²) in [5.41, 5.74) is 6.55. The van der Waals surface area contributed by atoms with Gasteiger partial charge in [0.1, 0.15) is 5.76 Å². The number of amides is 3. The zero-order valence-electron chi connectivity index (χ0n) is 14.7. The molecule has 0 aromatic carbocycles. The third-order valence-corrected chi connectivity index (χ3v) is 3.74. The predicted molar refractivity (Wildman–Crippen MR) is 90.5 cm³/mol. The van der Waals surface area contributed by atoms with E-state index in [0.29, 0.717) is 11.3 Å². The number of carbonyl (C=O) groups excluding carboxylic acids is 3. The number of nitrogens with one attached hydrogen (secondary N) is 3. The van der Waals surface area contributed by atoms with E-state index in [4.69, 9.17) is 4.42 Å². The van der Waals surface area contributed by atoms with E-state index in [1.54, 1.807) is 18.2 Å². The highest BCUT2D eigenvalue weighted by Gasteiger charge is 2.19. The van der Waals surface area contributed by atoms with Crippen LogP contribution in [0.3, 0.4) is 0 Å². The van der Waals surface area contributed by atoms with E-state index >= 15 is 0 Å². The predicted octanol–water partition coefficient (Wildman–Crippen LogP) is 1.36. The van der Waals surface area contributed by atoms with Crippen LogP contribution in [0.15, 0.2) is 28.9 Å². The van der Waals surface area contributed by atoms with Crippen molar-refractivity contribution in [2.75, 3.05) is 0 Å². The third kappa shape index (κ3) is 4.28. The number of furan rings is 1. The van der Waals surface area contributed by atoms with Crippen LogP contribution >= 0.6 is 0 Å². The highest BCUT2D eigenvalue weighted by Crippen LogP contribution is 2.19. The number of aromatic nitrogens is 1. The highest BCUT2D eigenvalue weighted by molar-refractivity contribution is 6.35.